The molecule has 0 saturated heterocycles. The van der Waals surface area contributed by atoms with Crippen LogP contribution in [0.3, 0.4) is 0 Å². The maximum absolute atomic E-state index is 13.4. The summed E-state index contributed by atoms with van der Waals surface area (Å²) in [5.74, 6) is -0.911. The largest absolute Gasteiger partial charge is 0.346 e. The molecular weight excluding hydrogens is 236 g/mol. The summed E-state index contributed by atoms with van der Waals surface area (Å²) in [5.41, 5.74) is 1.86. The summed E-state index contributed by atoms with van der Waals surface area (Å²) in [6, 6.07) is 4.72. The van der Waals surface area contributed by atoms with Gasteiger partial charge in [-0.25, -0.2) is 14.4 Å². The maximum atomic E-state index is 13.4. The second-order valence-corrected chi connectivity index (χ2v) is 3.99. The standard InChI is InChI=1S/C13H9F2N3/c14-10-5-11-9(6-17-13(11)18-7-10)4-8-2-1-3-16-12(8)15/h1-3,5-7H,4H2,(H,17,18). The van der Waals surface area contributed by atoms with E-state index in [4.69, 9.17) is 0 Å². The molecule has 0 saturated carbocycles. The van der Waals surface area contributed by atoms with Gasteiger partial charge in [0.05, 0.1) is 6.20 Å². The molecule has 0 fully saturated rings. The van der Waals surface area contributed by atoms with Crippen molar-refractivity contribution in [1.29, 1.82) is 0 Å². The van der Waals surface area contributed by atoms with Gasteiger partial charge in [0.1, 0.15) is 11.5 Å². The molecule has 3 heterocycles. The van der Waals surface area contributed by atoms with E-state index in [0.29, 0.717) is 23.0 Å². The third-order valence-electron chi connectivity index (χ3n) is 2.80. The zero-order valence-corrected chi connectivity index (χ0v) is 9.32. The van der Waals surface area contributed by atoms with Crippen LogP contribution in [0.5, 0.6) is 0 Å². The molecular formula is C13H9F2N3. The van der Waals surface area contributed by atoms with E-state index in [0.717, 1.165) is 11.8 Å². The maximum Gasteiger partial charge on any atom is 0.216 e. The van der Waals surface area contributed by atoms with Crippen molar-refractivity contribution < 1.29 is 8.78 Å². The molecule has 0 bridgehead atoms. The fraction of sp³-hybridized carbons (Fsp3) is 0.0769. The highest BCUT2D eigenvalue weighted by molar-refractivity contribution is 5.79. The first-order valence-corrected chi connectivity index (χ1v) is 5.45. The first kappa shape index (κ1) is 10.8. The fourth-order valence-corrected chi connectivity index (χ4v) is 1.93. The number of hydrogen-bond acceptors (Lipinski definition) is 2. The van der Waals surface area contributed by atoms with E-state index in [1.165, 1.54) is 12.3 Å². The Balaban J connectivity index is 2.05. The van der Waals surface area contributed by atoms with E-state index >= 15 is 0 Å². The average Bonchev–Trinajstić information content (AvgIpc) is 2.75. The molecule has 90 valence electrons. The van der Waals surface area contributed by atoms with E-state index < -0.39 is 11.8 Å². The van der Waals surface area contributed by atoms with Crippen molar-refractivity contribution in [2.45, 2.75) is 6.42 Å². The quantitative estimate of drug-likeness (QED) is 0.705. The van der Waals surface area contributed by atoms with Crippen LogP contribution in [-0.2, 0) is 6.42 Å². The Kier molecular flexibility index (Phi) is 2.51. The molecule has 3 aromatic rings. The van der Waals surface area contributed by atoms with Crippen LogP contribution in [0.1, 0.15) is 11.1 Å². The Hall–Kier alpha value is -2.30. The first-order chi connectivity index (χ1) is 8.74. The van der Waals surface area contributed by atoms with Crippen LogP contribution in [-0.4, -0.2) is 15.0 Å². The Morgan fingerprint density at radius 3 is 2.89 bits per heavy atom. The number of hydrogen-bond donors (Lipinski definition) is 1. The van der Waals surface area contributed by atoms with E-state index in [9.17, 15) is 8.78 Å². The number of nitrogens with zero attached hydrogens (tertiary/aromatic N) is 2. The van der Waals surface area contributed by atoms with E-state index in [-0.39, 0.29) is 0 Å². The number of nitrogens with one attached hydrogen (secondary N) is 1. The zero-order valence-electron chi connectivity index (χ0n) is 9.32. The first-order valence-electron chi connectivity index (χ1n) is 5.45. The van der Waals surface area contributed by atoms with Crippen LogP contribution in [0.25, 0.3) is 11.0 Å². The summed E-state index contributed by atoms with van der Waals surface area (Å²) in [4.78, 5) is 10.5. The van der Waals surface area contributed by atoms with Gasteiger partial charge in [0.25, 0.3) is 0 Å². The van der Waals surface area contributed by atoms with Gasteiger partial charge in [-0.2, -0.15) is 4.39 Å². The molecule has 0 aliphatic carbocycles. The molecule has 3 aromatic heterocycles. The highest BCUT2D eigenvalue weighted by Crippen LogP contribution is 2.20. The molecule has 5 heteroatoms. The van der Waals surface area contributed by atoms with Crippen molar-refractivity contribution in [2.24, 2.45) is 0 Å². The summed E-state index contributed by atoms with van der Waals surface area (Å²) in [7, 11) is 0. The molecule has 3 nitrogen and oxygen atoms in total. The van der Waals surface area contributed by atoms with Gasteiger partial charge in [0.15, 0.2) is 0 Å². The zero-order chi connectivity index (χ0) is 12.5. The van der Waals surface area contributed by atoms with Crippen molar-refractivity contribution >= 4 is 11.0 Å². The highest BCUT2D eigenvalue weighted by Gasteiger charge is 2.09. The molecule has 1 N–H and O–H groups in total. The van der Waals surface area contributed by atoms with E-state index in [2.05, 4.69) is 15.0 Å². The minimum Gasteiger partial charge on any atom is -0.346 e. The molecule has 3 rings (SSSR count). The van der Waals surface area contributed by atoms with E-state index in [1.54, 1.807) is 18.3 Å². The Morgan fingerprint density at radius 1 is 1.17 bits per heavy atom. The van der Waals surface area contributed by atoms with Gasteiger partial charge in [-0.3, -0.25) is 0 Å². The molecule has 18 heavy (non-hydrogen) atoms. The third-order valence-corrected chi connectivity index (χ3v) is 2.80. The molecule has 0 aliphatic heterocycles. The lowest BCUT2D eigenvalue weighted by Crippen LogP contribution is -1.94. The average molecular weight is 245 g/mol. The molecule has 0 spiro atoms. The van der Waals surface area contributed by atoms with Gasteiger partial charge in [0.2, 0.25) is 5.95 Å². The van der Waals surface area contributed by atoms with Crippen molar-refractivity contribution in [2.75, 3.05) is 0 Å². The van der Waals surface area contributed by atoms with Gasteiger partial charge in [-0.1, -0.05) is 6.07 Å². The topological polar surface area (TPSA) is 41.6 Å². The van der Waals surface area contributed by atoms with Crippen LogP contribution >= 0.6 is 0 Å². The Morgan fingerprint density at radius 2 is 2.06 bits per heavy atom. The second-order valence-electron chi connectivity index (χ2n) is 3.99. The SMILES string of the molecule is Fc1cnc2[nH]cc(Cc3cccnc3F)c2c1. The molecule has 0 aliphatic rings. The lowest BCUT2D eigenvalue weighted by Gasteiger charge is -2.01. The number of rotatable bonds is 2. The number of H-pyrrole nitrogens is 1. The summed E-state index contributed by atoms with van der Waals surface area (Å²) < 4.78 is 26.6. The fourth-order valence-electron chi connectivity index (χ4n) is 1.93. The van der Waals surface area contributed by atoms with Gasteiger partial charge in [0, 0.05) is 29.8 Å². The van der Waals surface area contributed by atoms with Crippen molar-refractivity contribution in [3.63, 3.8) is 0 Å². The van der Waals surface area contributed by atoms with Crippen LogP contribution < -0.4 is 0 Å². The summed E-state index contributed by atoms with van der Waals surface area (Å²) in [5, 5.41) is 0.665. The van der Waals surface area contributed by atoms with Crippen molar-refractivity contribution in [3.05, 3.63) is 59.7 Å². The van der Waals surface area contributed by atoms with Crippen LogP contribution in [0.2, 0.25) is 0 Å². The van der Waals surface area contributed by atoms with Crippen molar-refractivity contribution in [3.8, 4) is 0 Å². The number of aromatic nitrogens is 3. The highest BCUT2D eigenvalue weighted by atomic mass is 19.1. The number of pyridine rings is 2. The predicted octanol–water partition coefficient (Wildman–Crippen LogP) is 2.83. The number of aromatic amines is 1. The number of fused-ring (bicyclic) bond motifs is 1. The second kappa shape index (κ2) is 4.18. The molecule has 0 radical (unpaired) electrons. The molecule has 0 unspecified atom stereocenters. The van der Waals surface area contributed by atoms with Gasteiger partial charge < -0.3 is 4.98 Å². The minimum atomic E-state index is -0.504. The third kappa shape index (κ3) is 1.84. The lowest BCUT2D eigenvalue weighted by atomic mass is 10.1. The molecule has 0 aromatic carbocycles. The monoisotopic (exact) mass is 245 g/mol. The van der Waals surface area contributed by atoms with Crippen LogP contribution in [0, 0.1) is 11.8 Å². The predicted molar refractivity (Wildman–Crippen MR) is 63.1 cm³/mol. The smallest absolute Gasteiger partial charge is 0.216 e. The normalized spacial score (nSPS) is 11.0. The molecule has 0 amide bonds. The van der Waals surface area contributed by atoms with Crippen LogP contribution in [0.15, 0.2) is 36.8 Å². The number of halogens is 2. The summed E-state index contributed by atoms with van der Waals surface area (Å²) in [6.45, 7) is 0. The lowest BCUT2D eigenvalue weighted by molar-refractivity contribution is 0.570. The Labute approximate surface area is 102 Å². The summed E-state index contributed by atoms with van der Waals surface area (Å²) in [6.07, 6.45) is 4.61. The van der Waals surface area contributed by atoms with Gasteiger partial charge in [-0.05, 0) is 17.7 Å². The minimum absolute atomic E-state index is 0.352. The Bertz CT molecular complexity index is 706. The van der Waals surface area contributed by atoms with E-state index in [1.807, 2.05) is 0 Å². The van der Waals surface area contributed by atoms with Crippen LogP contribution in [0.4, 0.5) is 8.78 Å². The summed E-state index contributed by atoms with van der Waals surface area (Å²) >= 11 is 0. The molecule has 0 atom stereocenters. The van der Waals surface area contributed by atoms with Gasteiger partial charge in [-0.15, -0.1) is 0 Å². The van der Waals surface area contributed by atoms with Crippen molar-refractivity contribution in [1.82, 2.24) is 15.0 Å². The van der Waals surface area contributed by atoms with Gasteiger partial charge >= 0.3 is 0 Å².